The lowest BCUT2D eigenvalue weighted by Gasteiger charge is -2.44. The number of nitrogens with two attached hydrogens (primary N) is 1. The van der Waals surface area contributed by atoms with Gasteiger partial charge in [0.25, 0.3) is 0 Å². The number of rotatable bonds is 6. The molecule has 1 aliphatic heterocycles. The summed E-state index contributed by atoms with van der Waals surface area (Å²) in [6.07, 6.45) is 3.00. The second-order valence-electron chi connectivity index (χ2n) is 5.65. The van der Waals surface area contributed by atoms with Gasteiger partial charge < -0.3 is 20.9 Å². The second kappa shape index (κ2) is 6.69. The van der Waals surface area contributed by atoms with Crippen molar-refractivity contribution in [2.75, 3.05) is 19.8 Å². The van der Waals surface area contributed by atoms with Crippen LogP contribution >= 0.6 is 0 Å². The van der Waals surface area contributed by atoms with Crippen molar-refractivity contribution in [1.82, 2.24) is 5.32 Å². The molecule has 0 aromatic heterocycles. The SMILES string of the molecule is CC(CCO)NC1(CN)CCOC(C(C)C)C1. The standard InChI is InChI=1S/C13H28N2O2/c1-10(2)12-8-13(9-14,5-7-17-12)15-11(3)4-6-16/h10-12,15-16H,4-9,14H2,1-3H3. The summed E-state index contributed by atoms with van der Waals surface area (Å²) >= 11 is 0. The summed E-state index contributed by atoms with van der Waals surface area (Å²) in [6.45, 7) is 8.11. The molecule has 0 aromatic carbocycles. The van der Waals surface area contributed by atoms with Crippen LogP contribution in [-0.4, -0.2) is 42.5 Å². The normalized spacial score (nSPS) is 31.8. The van der Waals surface area contributed by atoms with E-state index in [1.165, 1.54) is 0 Å². The highest BCUT2D eigenvalue weighted by Crippen LogP contribution is 2.28. The van der Waals surface area contributed by atoms with Crippen molar-refractivity contribution < 1.29 is 9.84 Å². The summed E-state index contributed by atoms with van der Waals surface area (Å²) in [5.74, 6) is 0.524. The minimum Gasteiger partial charge on any atom is -0.396 e. The van der Waals surface area contributed by atoms with Gasteiger partial charge in [-0.15, -0.1) is 0 Å². The van der Waals surface area contributed by atoms with Crippen LogP contribution < -0.4 is 11.1 Å². The summed E-state index contributed by atoms with van der Waals surface area (Å²) in [5, 5.41) is 12.6. The van der Waals surface area contributed by atoms with Gasteiger partial charge in [-0.3, -0.25) is 0 Å². The van der Waals surface area contributed by atoms with Gasteiger partial charge in [-0.05, 0) is 32.1 Å². The van der Waals surface area contributed by atoms with Crippen molar-refractivity contribution in [2.24, 2.45) is 11.7 Å². The molecule has 0 saturated carbocycles. The van der Waals surface area contributed by atoms with Crippen LogP contribution in [0.15, 0.2) is 0 Å². The summed E-state index contributed by atoms with van der Waals surface area (Å²) < 4.78 is 5.79. The van der Waals surface area contributed by atoms with Gasteiger partial charge in [0.1, 0.15) is 0 Å². The van der Waals surface area contributed by atoms with Crippen LogP contribution in [0.25, 0.3) is 0 Å². The van der Waals surface area contributed by atoms with Crippen LogP contribution in [0.3, 0.4) is 0 Å². The van der Waals surface area contributed by atoms with E-state index in [4.69, 9.17) is 15.6 Å². The van der Waals surface area contributed by atoms with Gasteiger partial charge in [0.2, 0.25) is 0 Å². The smallest absolute Gasteiger partial charge is 0.0616 e. The molecule has 102 valence electrons. The molecule has 1 aliphatic rings. The van der Waals surface area contributed by atoms with Crippen LogP contribution in [-0.2, 0) is 4.74 Å². The number of ether oxygens (including phenoxy) is 1. The molecular formula is C13H28N2O2. The number of nitrogens with one attached hydrogen (secondary N) is 1. The van der Waals surface area contributed by atoms with Crippen molar-refractivity contribution in [3.63, 3.8) is 0 Å². The Balaban J connectivity index is 2.60. The maximum atomic E-state index is 8.97. The van der Waals surface area contributed by atoms with E-state index in [0.717, 1.165) is 25.9 Å². The lowest BCUT2D eigenvalue weighted by atomic mass is 9.82. The van der Waals surface area contributed by atoms with Gasteiger partial charge in [-0.1, -0.05) is 13.8 Å². The molecule has 0 amide bonds. The molecule has 0 aliphatic carbocycles. The molecule has 3 unspecified atom stereocenters. The fraction of sp³-hybridized carbons (Fsp3) is 1.00. The van der Waals surface area contributed by atoms with E-state index in [0.29, 0.717) is 24.6 Å². The lowest BCUT2D eigenvalue weighted by molar-refractivity contribution is -0.0519. The zero-order chi connectivity index (χ0) is 12.9. The Hall–Kier alpha value is -0.160. The summed E-state index contributed by atoms with van der Waals surface area (Å²) in [4.78, 5) is 0. The van der Waals surface area contributed by atoms with Crippen molar-refractivity contribution in [1.29, 1.82) is 0 Å². The molecule has 0 aromatic rings. The summed E-state index contributed by atoms with van der Waals surface area (Å²) in [5.41, 5.74) is 5.95. The first-order valence-electron chi connectivity index (χ1n) is 6.73. The van der Waals surface area contributed by atoms with E-state index >= 15 is 0 Å². The van der Waals surface area contributed by atoms with Crippen molar-refractivity contribution >= 4 is 0 Å². The minimum atomic E-state index is -0.0121. The molecule has 1 fully saturated rings. The second-order valence-corrected chi connectivity index (χ2v) is 5.65. The van der Waals surface area contributed by atoms with Crippen molar-refractivity contribution in [3.05, 3.63) is 0 Å². The zero-order valence-corrected chi connectivity index (χ0v) is 11.4. The third kappa shape index (κ3) is 4.21. The Kier molecular flexibility index (Phi) is 5.86. The van der Waals surface area contributed by atoms with Crippen LogP contribution in [0.5, 0.6) is 0 Å². The van der Waals surface area contributed by atoms with Crippen molar-refractivity contribution in [2.45, 2.75) is 57.7 Å². The lowest BCUT2D eigenvalue weighted by Crippen LogP contribution is -2.59. The molecule has 4 N–H and O–H groups in total. The molecule has 4 nitrogen and oxygen atoms in total. The summed E-state index contributed by atoms with van der Waals surface area (Å²) in [7, 11) is 0. The Morgan fingerprint density at radius 2 is 2.18 bits per heavy atom. The number of aliphatic hydroxyl groups is 1. The predicted molar refractivity (Wildman–Crippen MR) is 69.9 cm³/mol. The molecule has 1 rings (SSSR count). The Morgan fingerprint density at radius 3 is 2.71 bits per heavy atom. The van der Waals surface area contributed by atoms with E-state index in [1.54, 1.807) is 0 Å². The maximum Gasteiger partial charge on any atom is 0.0616 e. The van der Waals surface area contributed by atoms with E-state index < -0.39 is 0 Å². The van der Waals surface area contributed by atoms with E-state index in [2.05, 4.69) is 26.1 Å². The third-order valence-corrected chi connectivity index (χ3v) is 3.75. The van der Waals surface area contributed by atoms with Crippen LogP contribution in [0, 0.1) is 5.92 Å². The molecule has 1 heterocycles. The first-order chi connectivity index (χ1) is 8.03. The first kappa shape index (κ1) is 14.9. The number of hydrogen-bond donors (Lipinski definition) is 3. The van der Waals surface area contributed by atoms with E-state index in [1.807, 2.05) is 0 Å². The number of hydrogen-bond acceptors (Lipinski definition) is 4. The summed E-state index contributed by atoms with van der Waals surface area (Å²) in [6, 6.07) is 0.300. The predicted octanol–water partition coefficient (Wildman–Crippen LogP) is 0.879. The molecule has 0 spiro atoms. The van der Waals surface area contributed by atoms with Gasteiger partial charge in [-0.2, -0.15) is 0 Å². The topological polar surface area (TPSA) is 67.5 Å². The van der Waals surface area contributed by atoms with Gasteiger partial charge in [0.15, 0.2) is 0 Å². The average Bonchev–Trinajstić information content (AvgIpc) is 2.29. The van der Waals surface area contributed by atoms with Gasteiger partial charge in [0.05, 0.1) is 6.10 Å². The third-order valence-electron chi connectivity index (χ3n) is 3.75. The molecule has 17 heavy (non-hydrogen) atoms. The molecule has 0 radical (unpaired) electrons. The number of aliphatic hydroxyl groups excluding tert-OH is 1. The highest BCUT2D eigenvalue weighted by atomic mass is 16.5. The molecule has 1 saturated heterocycles. The first-order valence-corrected chi connectivity index (χ1v) is 6.73. The quantitative estimate of drug-likeness (QED) is 0.649. The Labute approximate surface area is 105 Å². The highest BCUT2D eigenvalue weighted by molar-refractivity contribution is 4.96. The minimum absolute atomic E-state index is 0.0121. The Morgan fingerprint density at radius 1 is 1.47 bits per heavy atom. The van der Waals surface area contributed by atoms with Crippen LogP contribution in [0.4, 0.5) is 0 Å². The van der Waals surface area contributed by atoms with E-state index in [9.17, 15) is 0 Å². The molecule has 3 atom stereocenters. The monoisotopic (exact) mass is 244 g/mol. The van der Waals surface area contributed by atoms with Crippen LogP contribution in [0.2, 0.25) is 0 Å². The highest BCUT2D eigenvalue weighted by Gasteiger charge is 2.37. The van der Waals surface area contributed by atoms with E-state index in [-0.39, 0.29) is 12.1 Å². The zero-order valence-electron chi connectivity index (χ0n) is 11.4. The maximum absolute atomic E-state index is 8.97. The average molecular weight is 244 g/mol. The van der Waals surface area contributed by atoms with Gasteiger partial charge >= 0.3 is 0 Å². The van der Waals surface area contributed by atoms with Crippen molar-refractivity contribution in [3.8, 4) is 0 Å². The molecule has 4 heteroatoms. The fourth-order valence-corrected chi connectivity index (χ4v) is 2.54. The van der Waals surface area contributed by atoms with Gasteiger partial charge in [-0.25, -0.2) is 0 Å². The largest absolute Gasteiger partial charge is 0.396 e. The molecule has 0 bridgehead atoms. The Bertz CT molecular complexity index is 223. The fourth-order valence-electron chi connectivity index (χ4n) is 2.54. The molecular weight excluding hydrogens is 216 g/mol. The van der Waals surface area contributed by atoms with Gasteiger partial charge in [0, 0.05) is 31.3 Å². The van der Waals surface area contributed by atoms with Crippen LogP contribution in [0.1, 0.15) is 40.0 Å².